The molecule has 18 heavy (non-hydrogen) atoms. The predicted molar refractivity (Wildman–Crippen MR) is 80.7 cm³/mol. The minimum Gasteiger partial charge on any atom is -0.373 e. The van der Waals surface area contributed by atoms with Gasteiger partial charge in [-0.1, -0.05) is 41.9 Å². The van der Waals surface area contributed by atoms with Crippen LogP contribution in [0.4, 0.5) is 0 Å². The SMILES string of the molecule is CC(C)CCNCC(C)OCc1cccc(Br)c1. The van der Waals surface area contributed by atoms with E-state index in [4.69, 9.17) is 4.74 Å². The highest BCUT2D eigenvalue weighted by molar-refractivity contribution is 9.10. The van der Waals surface area contributed by atoms with Crippen LogP contribution in [0.3, 0.4) is 0 Å². The normalized spacial score (nSPS) is 12.9. The fraction of sp³-hybridized carbons (Fsp3) is 0.600. The van der Waals surface area contributed by atoms with E-state index < -0.39 is 0 Å². The van der Waals surface area contributed by atoms with Gasteiger partial charge in [0.2, 0.25) is 0 Å². The van der Waals surface area contributed by atoms with E-state index in [2.05, 4.69) is 54.2 Å². The Kier molecular flexibility index (Phi) is 7.56. The van der Waals surface area contributed by atoms with Crippen LogP contribution in [0.15, 0.2) is 28.7 Å². The van der Waals surface area contributed by atoms with Gasteiger partial charge in [0.1, 0.15) is 0 Å². The van der Waals surface area contributed by atoms with Crippen LogP contribution < -0.4 is 5.32 Å². The molecule has 1 N–H and O–H groups in total. The lowest BCUT2D eigenvalue weighted by atomic mass is 10.1. The van der Waals surface area contributed by atoms with E-state index in [0.717, 1.165) is 23.5 Å². The van der Waals surface area contributed by atoms with Crippen LogP contribution in [0, 0.1) is 5.92 Å². The summed E-state index contributed by atoms with van der Waals surface area (Å²) in [5.74, 6) is 0.760. The Labute approximate surface area is 119 Å². The van der Waals surface area contributed by atoms with Crippen molar-refractivity contribution in [1.29, 1.82) is 0 Å². The third kappa shape index (κ3) is 7.14. The van der Waals surface area contributed by atoms with E-state index in [-0.39, 0.29) is 6.10 Å². The van der Waals surface area contributed by atoms with Crippen molar-refractivity contribution in [3.63, 3.8) is 0 Å². The summed E-state index contributed by atoms with van der Waals surface area (Å²) in [6, 6.07) is 8.25. The zero-order valence-electron chi connectivity index (χ0n) is 11.6. The second-order valence-electron chi connectivity index (χ2n) is 5.14. The predicted octanol–water partition coefficient (Wildman–Crippen LogP) is 3.99. The van der Waals surface area contributed by atoms with Gasteiger partial charge < -0.3 is 10.1 Å². The number of ether oxygens (including phenoxy) is 1. The molecule has 0 spiro atoms. The van der Waals surface area contributed by atoms with Crippen LogP contribution in [0.2, 0.25) is 0 Å². The molecule has 0 aliphatic heterocycles. The molecular weight excluding hydrogens is 290 g/mol. The largest absolute Gasteiger partial charge is 0.373 e. The first-order valence-corrected chi connectivity index (χ1v) is 7.44. The second kappa shape index (κ2) is 8.68. The first kappa shape index (κ1) is 15.7. The zero-order valence-corrected chi connectivity index (χ0v) is 13.2. The van der Waals surface area contributed by atoms with Gasteiger partial charge in [0.25, 0.3) is 0 Å². The lowest BCUT2D eigenvalue weighted by molar-refractivity contribution is 0.0531. The molecule has 0 radical (unpaired) electrons. The maximum Gasteiger partial charge on any atom is 0.0721 e. The summed E-state index contributed by atoms with van der Waals surface area (Å²) in [5.41, 5.74) is 1.21. The van der Waals surface area contributed by atoms with Crippen molar-refractivity contribution in [3.8, 4) is 0 Å². The molecule has 102 valence electrons. The maximum absolute atomic E-state index is 5.81. The van der Waals surface area contributed by atoms with E-state index in [1.165, 1.54) is 12.0 Å². The van der Waals surface area contributed by atoms with Crippen LogP contribution in [0.5, 0.6) is 0 Å². The van der Waals surface area contributed by atoms with E-state index in [1.807, 2.05) is 12.1 Å². The Bertz CT molecular complexity index is 341. The van der Waals surface area contributed by atoms with Gasteiger partial charge in [-0.15, -0.1) is 0 Å². The summed E-state index contributed by atoms with van der Waals surface area (Å²) in [7, 11) is 0. The maximum atomic E-state index is 5.81. The fourth-order valence-corrected chi connectivity index (χ4v) is 2.07. The summed E-state index contributed by atoms with van der Waals surface area (Å²) in [4.78, 5) is 0. The summed E-state index contributed by atoms with van der Waals surface area (Å²) in [6.45, 7) is 9.26. The quantitative estimate of drug-likeness (QED) is 0.733. The molecule has 0 saturated carbocycles. The molecular formula is C15H24BrNO. The molecule has 1 rings (SSSR count). The number of halogens is 1. The highest BCUT2D eigenvalue weighted by Gasteiger charge is 2.03. The molecule has 0 amide bonds. The van der Waals surface area contributed by atoms with Gasteiger partial charge >= 0.3 is 0 Å². The smallest absolute Gasteiger partial charge is 0.0721 e. The minimum atomic E-state index is 0.246. The topological polar surface area (TPSA) is 21.3 Å². The van der Waals surface area contributed by atoms with Crippen molar-refractivity contribution < 1.29 is 4.74 Å². The van der Waals surface area contributed by atoms with Gasteiger partial charge in [0.05, 0.1) is 12.7 Å². The second-order valence-corrected chi connectivity index (χ2v) is 6.05. The van der Waals surface area contributed by atoms with E-state index >= 15 is 0 Å². The molecule has 1 atom stereocenters. The number of benzene rings is 1. The van der Waals surface area contributed by atoms with Gasteiger partial charge in [0.15, 0.2) is 0 Å². The molecule has 2 nitrogen and oxygen atoms in total. The molecule has 0 aromatic heterocycles. The van der Waals surface area contributed by atoms with Crippen molar-refractivity contribution in [3.05, 3.63) is 34.3 Å². The third-order valence-electron chi connectivity index (χ3n) is 2.75. The van der Waals surface area contributed by atoms with E-state index in [9.17, 15) is 0 Å². The van der Waals surface area contributed by atoms with E-state index in [0.29, 0.717) is 6.61 Å². The van der Waals surface area contributed by atoms with Crippen LogP contribution in [0.25, 0.3) is 0 Å². The third-order valence-corrected chi connectivity index (χ3v) is 3.25. The van der Waals surface area contributed by atoms with Gasteiger partial charge in [-0.2, -0.15) is 0 Å². The lowest BCUT2D eigenvalue weighted by Crippen LogP contribution is -2.28. The molecule has 3 heteroatoms. The van der Waals surface area contributed by atoms with Crippen LogP contribution in [-0.2, 0) is 11.3 Å². The Balaban J connectivity index is 2.15. The Hall–Kier alpha value is -0.380. The highest BCUT2D eigenvalue weighted by atomic mass is 79.9. The van der Waals surface area contributed by atoms with Crippen molar-refractivity contribution >= 4 is 15.9 Å². The average Bonchev–Trinajstić information content (AvgIpc) is 2.32. The van der Waals surface area contributed by atoms with Crippen molar-refractivity contribution in [2.24, 2.45) is 5.92 Å². The molecule has 0 aliphatic rings. The Morgan fingerprint density at radius 2 is 2.06 bits per heavy atom. The molecule has 1 aromatic rings. The number of hydrogen-bond donors (Lipinski definition) is 1. The average molecular weight is 314 g/mol. The summed E-state index contributed by atoms with van der Waals surface area (Å²) in [6.07, 6.45) is 1.47. The molecule has 0 bridgehead atoms. The van der Waals surface area contributed by atoms with Crippen LogP contribution >= 0.6 is 15.9 Å². The first-order valence-electron chi connectivity index (χ1n) is 6.64. The van der Waals surface area contributed by atoms with Gasteiger partial charge in [-0.25, -0.2) is 0 Å². The van der Waals surface area contributed by atoms with Crippen molar-refractivity contribution in [2.75, 3.05) is 13.1 Å². The first-order chi connectivity index (χ1) is 8.58. The van der Waals surface area contributed by atoms with Gasteiger partial charge in [0, 0.05) is 11.0 Å². The highest BCUT2D eigenvalue weighted by Crippen LogP contribution is 2.12. The fourth-order valence-electron chi connectivity index (χ4n) is 1.62. The minimum absolute atomic E-state index is 0.246. The van der Waals surface area contributed by atoms with Crippen molar-refractivity contribution in [2.45, 2.75) is 39.9 Å². The lowest BCUT2D eigenvalue weighted by Gasteiger charge is -2.14. The summed E-state index contributed by atoms with van der Waals surface area (Å²) < 4.78 is 6.91. The van der Waals surface area contributed by atoms with Gasteiger partial charge in [-0.05, 0) is 43.5 Å². The molecule has 1 unspecified atom stereocenters. The molecule has 0 heterocycles. The monoisotopic (exact) mass is 313 g/mol. The van der Waals surface area contributed by atoms with Crippen molar-refractivity contribution in [1.82, 2.24) is 5.32 Å². The molecule has 0 aliphatic carbocycles. The van der Waals surface area contributed by atoms with Crippen LogP contribution in [0.1, 0.15) is 32.8 Å². The van der Waals surface area contributed by atoms with Crippen LogP contribution in [-0.4, -0.2) is 19.2 Å². The standard InChI is InChI=1S/C15H24BrNO/c1-12(2)7-8-17-10-13(3)18-11-14-5-4-6-15(16)9-14/h4-6,9,12-13,17H,7-8,10-11H2,1-3H3. The molecule has 0 saturated heterocycles. The Morgan fingerprint density at radius 1 is 1.28 bits per heavy atom. The number of rotatable bonds is 8. The van der Waals surface area contributed by atoms with Gasteiger partial charge in [-0.3, -0.25) is 0 Å². The molecule has 0 fully saturated rings. The zero-order chi connectivity index (χ0) is 13.4. The van der Waals surface area contributed by atoms with E-state index in [1.54, 1.807) is 0 Å². The summed E-state index contributed by atoms with van der Waals surface area (Å²) >= 11 is 3.47. The summed E-state index contributed by atoms with van der Waals surface area (Å²) in [5, 5.41) is 3.43. The molecule has 1 aromatic carbocycles. The number of nitrogens with one attached hydrogen (secondary N) is 1. The Morgan fingerprint density at radius 3 is 2.72 bits per heavy atom. The number of hydrogen-bond acceptors (Lipinski definition) is 2.